The van der Waals surface area contributed by atoms with Crippen molar-refractivity contribution in [3.8, 4) is 5.75 Å². The number of amides is 1. The number of ether oxygens (including phenoxy) is 1. The highest BCUT2D eigenvalue weighted by molar-refractivity contribution is 6.30. The van der Waals surface area contributed by atoms with Crippen LogP contribution in [0.25, 0.3) is 0 Å². The van der Waals surface area contributed by atoms with E-state index in [1.165, 1.54) is 0 Å². The van der Waals surface area contributed by atoms with Crippen LogP contribution >= 0.6 is 11.6 Å². The van der Waals surface area contributed by atoms with E-state index in [1.807, 2.05) is 32.0 Å². The topological polar surface area (TPSA) is 50.4 Å². The third kappa shape index (κ3) is 3.44. The molecule has 0 bridgehead atoms. The Bertz CT molecular complexity index is 503. The maximum Gasteiger partial charge on any atom is 0.226 e. The first-order valence-electron chi connectivity index (χ1n) is 6.80. The van der Waals surface area contributed by atoms with Gasteiger partial charge in [0, 0.05) is 31.6 Å². The van der Waals surface area contributed by atoms with Crippen LogP contribution in [-0.2, 0) is 11.2 Å². The first-order chi connectivity index (χ1) is 9.42. The molecule has 2 rings (SSSR count). The lowest BCUT2D eigenvalue weighted by molar-refractivity contribution is -0.128. The van der Waals surface area contributed by atoms with Crippen molar-refractivity contribution in [2.24, 2.45) is 5.41 Å². The number of halogens is 1. The lowest BCUT2D eigenvalue weighted by atomic mass is 9.92. The summed E-state index contributed by atoms with van der Waals surface area (Å²) >= 11 is 5.97. The van der Waals surface area contributed by atoms with E-state index in [9.17, 15) is 4.79 Å². The van der Waals surface area contributed by atoms with E-state index < -0.39 is 5.41 Å². The largest absolute Gasteiger partial charge is 0.488 e. The van der Waals surface area contributed by atoms with Crippen LogP contribution < -0.4 is 15.4 Å². The van der Waals surface area contributed by atoms with Gasteiger partial charge in [-0.1, -0.05) is 11.6 Å². The summed E-state index contributed by atoms with van der Waals surface area (Å²) in [5, 5.41) is 6.73. The smallest absolute Gasteiger partial charge is 0.226 e. The average Bonchev–Trinajstić information content (AvgIpc) is 2.79. The van der Waals surface area contributed by atoms with Gasteiger partial charge in [0.05, 0.1) is 5.41 Å². The Balaban J connectivity index is 1.82. The van der Waals surface area contributed by atoms with Crippen LogP contribution in [0.15, 0.2) is 18.2 Å². The van der Waals surface area contributed by atoms with Crippen molar-refractivity contribution in [3.05, 3.63) is 28.8 Å². The van der Waals surface area contributed by atoms with Crippen molar-refractivity contribution in [2.45, 2.75) is 26.4 Å². The van der Waals surface area contributed by atoms with Crippen molar-refractivity contribution in [1.82, 2.24) is 10.6 Å². The predicted molar refractivity (Wildman–Crippen MR) is 80.3 cm³/mol. The maximum atomic E-state index is 11.7. The molecule has 20 heavy (non-hydrogen) atoms. The van der Waals surface area contributed by atoms with Gasteiger partial charge >= 0.3 is 0 Å². The van der Waals surface area contributed by atoms with E-state index in [-0.39, 0.29) is 12.0 Å². The molecule has 4 nitrogen and oxygen atoms in total. The van der Waals surface area contributed by atoms with E-state index in [1.54, 1.807) is 7.05 Å². The molecule has 110 valence electrons. The Kier molecular flexibility index (Phi) is 4.55. The highest BCUT2D eigenvalue weighted by Gasteiger charge is 2.28. The number of rotatable bonds is 5. The number of carbonyl (C=O) groups is 1. The minimum absolute atomic E-state index is 0.0346. The second kappa shape index (κ2) is 6.02. The first kappa shape index (κ1) is 15.1. The molecule has 0 saturated carbocycles. The molecule has 1 unspecified atom stereocenters. The maximum absolute atomic E-state index is 11.7. The molecule has 1 atom stereocenters. The highest BCUT2D eigenvalue weighted by Crippen LogP contribution is 2.30. The predicted octanol–water partition coefficient (Wildman–Crippen LogP) is 2.01. The molecule has 5 heteroatoms. The number of benzene rings is 1. The molecule has 0 aromatic heterocycles. The quantitative estimate of drug-likeness (QED) is 0.874. The van der Waals surface area contributed by atoms with Crippen LogP contribution in [0.5, 0.6) is 5.75 Å². The van der Waals surface area contributed by atoms with Gasteiger partial charge in [0.2, 0.25) is 5.91 Å². The fourth-order valence-electron chi connectivity index (χ4n) is 2.37. The summed E-state index contributed by atoms with van der Waals surface area (Å²) in [4.78, 5) is 11.7. The summed E-state index contributed by atoms with van der Waals surface area (Å²) < 4.78 is 5.84. The molecule has 0 aliphatic carbocycles. The number of carbonyl (C=O) groups excluding carboxylic acids is 1. The van der Waals surface area contributed by atoms with Crippen LogP contribution in [0.4, 0.5) is 0 Å². The van der Waals surface area contributed by atoms with Gasteiger partial charge in [-0.3, -0.25) is 4.79 Å². The van der Waals surface area contributed by atoms with E-state index in [4.69, 9.17) is 16.3 Å². The number of nitrogens with one attached hydrogen (secondary N) is 2. The summed E-state index contributed by atoms with van der Waals surface area (Å²) in [6.07, 6.45) is 0.951. The molecule has 1 amide bonds. The van der Waals surface area contributed by atoms with Crippen LogP contribution in [0, 0.1) is 5.41 Å². The van der Waals surface area contributed by atoms with Crippen LogP contribution in [0.1, 0.15) is 19.4 Å². The van der Waals surface area contributed by atoms with Gasteiger partial charge in [-0.25, -0.2) is 0 Å². The lowest BCUT2D eigenvalue weighted by Crippen LogP contribution is -2.44. The fraction of sp³-hybridized carbons (Fsp3) is 0.533. The third-order valence-corrected chi connectivity index (χ3v) is 3.78. The van der Waals surface area contributed by atoms with Crippen LogP contribution in [0.2, 0.25) is 5.02 Å². The number of hydrogen-bond acceptors (Lipinski definition) is 3. The van der Waals surface area contributed by atoms with Gasteiger partial charge in [0.15, 0.2) is 0 Å². The highest BCUT2D eigenvalue weighted by atomic mass is 35.5. The zero-order chi connectivity index (χ0) is 14.8. The van der Waals surface area contributed by atoms with E-state index in [0.29, 0.717) is 13.1 Å². The van der Waals surface area contributed by atoms with E-state index in [2.05, 4.69) is 10.6 Å². The zero-order valence-corrected chi connectivity index (χ0v) is 12.9. The van der Waals surface area contributed by atoms with Gasteiger partial charge < -0.3 is 15.4 Å². The molecular weight excluding hydrogens is 276 g/mol. The number of hydrogen-bond donors (Lipinski definition) is 2. The Morgan fingerprint density at radius 3 is 2.95 bits per heavy atom. The van der Waals surface area contributed by atoms with Gasteiger partial charge in [-0.2, -0.15) is 0 Å². The molecule has 1 aromatic carbocycles. The fourth-order valence-corrected chi connectivity index (χ4v) is 2.56. The Labute approximate surface area is 124 Å². The van der Waals surface area contributed by atoms with Crippen molar-refractivity contribution < 1.29 is 9.53 Å². The summed E-state index contributed by atoms with van der Waals surface area (Å²) in [6, 6.07) is 5.70. The molecule has 0 saturated heterocycles. The SMILES string of the molecule is CNC(=O)C(C)(C)CNCC1Cc2cc(Cl)ccc2O1. The van der Waals surface area contributed by atoms with E-state index >= 15 is 0 Å². The summed E-state index contributed by atoms with van der Waals surface area (Å²) in [5.41, 5.74) is 0.721. The lowest BCUT2D eigenvalue weighted by Gasteiger charge is -2.23. The molecule has 1 heterocycles. The van der Waals surface area contributed by atoms with Crippen molar-refractivity contribution >= 4 is 17.5 Å². The summed E-state index contributed by atoms with van der Waals surface area (Å²) in [6.45, 7) is 5.17. The van der Waals surface area contributed by atoms with Gasteiger partial charge in [0.1, 0.15) is 11.9 Å². The van der Waals surface area contributed by atoms with E-state index in [0.717, 1.165) is 22.8 Å². The molecule has 0 fully saturated rings. The minimum atomic E-state index is -0.427. The van der Waals surface area contributed by atoms with Gasteiger partial charge in [0.25, 0.3) is 0 Å². The first-order valence-corrected chi connectivity index (χ1v) is 7.18. The molecule has 0 radical (unpaired) electrons. The Hall–Kier alpha value is -1.26. The molecule has 0 spiro atoms. The second-order valence-corrected chi connectivity index (χ2v) is 6.23. The summed E-state index contributed by atoms with van der Waals surface area (Å²) in [7, 11) is 1.66. The van der Waals surface area contributed by atoms with Crippen molar-refractivity contribution in [3.63, 3.8) is 0 Å². The molecule has 2 N–H and O–H groups in total. The molecular formula is C15H21ClN2O2. The zero-order valence-electron chi connectivity index (χ0n) is 12.1. The molecule has 1 aromatic rings. The molecule has 1 aliphatic heterocycles. The molecule has 1 aliphatic rings. The van der Waals surface area contributed by atoms with Gasteiger partial charge in [-0.05, 0) is 37.6 Å². The van der Waals surface area contributed by atoms with Crippen molar-refractivity contribution in [2.75, 3.05) is 20.1 Å². The second-order valence-electron chi connectivity index (χ2n) is 5.79. The third-order valence-electron chi connectivity index (χ3n) is 3.54. The summed E-state index contributed by atoms with van der Waals surface area (Å²) in [5.74, 6) is 0.944. The average molecular weight is 297 g/mol. The van der Waals surface area contributed by atoms with Crippen molar-refractivity contribution in [1.29, 1.82) is 0 Å². The van der Waals surface area contributed by atoms with Gasteiger partial charge in [-0.15, -0.1) is 0 Å². The monoisotopic (exact) mass is 296 g/mol. The minimum Gasteiger partial charge on any atom is -0.488 e. The normalized spacial score (nSPS) is 17.5. The standard InChI is InChI=1S/C15H21ClN2O2/c1-15(2,14(19)17-3)9-18-8-12-7-10-6-11(16)4-5-13(10)20-12/h4-6,12,18H,7-9H2,1-3H3,(H,17,19). The Morgan fingerprint density at radius 1 is 1.50 bits per heavy atom. The Morgan fingerprint density at radius 2 is 2.25 bits per heavy atom. The van der Waals surface area contributed by atoms with Crippen LogP contribution in [0.3, 0.4) is 0 Å². The number of fused-ring (bicyclic) bond motifs is 1. The van der Waals surface area contributed by atoms with Crippen LogP contribution in [-0.4, -0.2) is 32.1 Å².